The number of rotatable bonds is 3. The molecule has 1 aliphatic rings. The molecule has 0 unspecified atom stereocenters. The third-order valence-electron chi connectivity index (χ3n) is 4.33. The molecule has 1 N–H and O–H groups in total. The molecule has 0 amide bonds. The summed E-state index contributed by atoms with van der Waals surface area (Å²) in [6, 6.07) is 0.499. The van der Waals surface area contributed by atoms with Gasteiger partial charge in [0.15, 0.2) is 10.4 Å². The molecule has 0 radical (unpaired) electrons. The first-order valence-corrected chi connectivity index (χ1v) is 7.88. The van der Waals surface area contributed by atoms with E-state index < -0.39 is 0 Å². The standard InChI is InChI=1S/C14H23N5S/c1-4-7-18-8-5-11(6-9-18)19-13-12(15-14(19)20)10(2)16-17(13)3/h11H,4-9H2,1-3H3,(H,15,20). The summed E-state index contributed by atoms with van der Waals surface area (Å²) in [5.74, 6) is 0. The number of piperidine rings is 1. The van der Waals surface area contributed by atoms with Gasteiger partial charge < -0.3 is 9.88 Å². The summed E-state index contributed by atoms with van der Waals surface area (Å²) in [6.45, 7) is 7.83. The topological polar surface area (TPSA) is 41.8 Å². The van der Waals surface area contributed by atoms with E-state index in [4.69, 9.17) is 12.2 Å². The number of hydrogen-bond acceptors (Lipinski definition) is 3. The van der Waals surface area contributed by atoms with E-state index in [1.54, 1.807) is 0 Å². The number of aromatic nitrogens is 4. The van der Waals surface area contributed by atoms with Crippen LogP contribution in [0.15, 0.2) is 0 Å². The molecule has 2 aromatic heterocycles. The molecule has 0 aromatic carbocycles. The normalized spacial score (nSPS) is 18.1. The summed E-state index contributed by atoms with van der Waals surface area (Å²) in [5, 5.41) is 4.50. The van der Waals surface area contributed by atoms with Gasteiger partial charge in [0, 0.05) is 26.2 Å². The quantitative estimate of drug-likeness (QED) is 0.885. The monoisotopic (exact) mass is 293 g/mol. The second-order valence-electron chi connectivity index (χ2n) is 5.78. The second-order valence-corrected chi connectivity index (χ2v) is 6.17. The maximum absolute atomic E-state index is 5.54. The van der Waals surface area contributed by atoms with E-state index in [9.17, 15) is 0 Å². The average molecular weight is 293 g/mol. The number of fused-ring (bicyclic) bond motifs is 1. The maximum atomic E-state index is 5.54. The first-order chi connectivity index (χ1) is 9.61. The van der Waals surface area contributed by atoms with Crippen LogP contribution >= 0.6 is 12.2 Å². The van der Waals surface area contributed by atoms with Crippen LogP contribution in [0.25, 0.3) is 11.2 Å². The lowest BCUT2D eigenvalue weighted by Crippen LogP contribution is -2.35. The summed E-state index contributed by atoms with van der Waals surface area (Å²) in [7, 11) is 2.00. The lowest BCUT2D eigenvalue weighted by atomic mass is 10.0. The Morgan fingerprint density at radius 3 is 2.70 bits per heavy atom. The Morgan fingerprint density at radius 1 is 1.35 bits per heavy atom. The van der Waals surface area contributed by atoms with Crippen LogP contribution in [0.1, 0.15) is 37.9 Å². The van der Waals surface area contributed by atoms with E-state index in [0.717, 1.165) is 21.6 Å². The van der Waals surface area contributed by atoms with E-state index >= 15 is 0 Å². The molecule has 5 nitrogen and oxygen atoms in total. The minimum Gasteiger partial charge on any atom is -0.328 e. The van der Waals surface area contributed by atoms with Gasteiger partial charge in [0.25, 0.3) is 0 Å². The highest BCUT2D eigenvalue weighted by Crippen LogP contribution is 2.28. The highest BCUT2D eigenvalue weighted by atomic mass is 32.1. The molecule has 3 rings (SSSR count). The summed E-state index contributed by atoms with van der Waals surface area (Å²) >= 11 is 5.54. The third kappa shape index (κ3) is 2.20. The molecule has 1 saturated heterocycles. The molecular weight excluding hydrogens is 270 g/mol. The predicted molar refractivity (Wildman–Crippen MR) is 83.6 cm³/mol. The van der Waals surface area contributed by atoms with E-state index in [0.29, 0.717) is 6.04 Å². The molecule has 0 bridgehead atoms. The Hall–Kier alpha value is -1.14. The number of hydrogen-bond donors (Lipinski definition) is 1. The van der Waals surface area contributed by atoms with Crippen molar-refractivity contribution in [2.45, 2.75) is 39.2 Å². The number of H-pyrrole nitrogens is 1. The zero-order valence-electron chi connectivity index (χ0n) is 12.5. The summed E-state index contributed by atoms with van der Waals surface area (Å²) < 4.78 is 5.08. The summed E-state index contributed by atoms with van der Waals surface area (Å²) in [4.78, 5) is 5.88. The Morgan fingerprint density at radius 2 is 2.05 bits per heavy atom. The van der Waals surface area contributed by atoms with Gasteiger partial charge in [-0.2, -0.15) is 5.10 Å². The fourth-order valence-corrected chi connectivity index (χ4v) is 3.73. The number of nitrogens with one attached hydrogen (secondary N) is 1. The van der Waals surface area contributed by atoms with Crippen LogP contribution in [0.5, 0.6) is 0 Å². The smallest absolute Gasteiger partial charge is 0.179 e. The molecule has 0 saturated carbocycles. The highest BCUT2D eigenvalue weighted by Gasteiger charge is 2.24. The number of likely N-dealkylation sites (tertiary alicyclic amines) is 1. The van der Waals surface area contributed by atoms with Gasteiger partial charge in [-0.15, -0.1) is 0 Å². The molecule has 110 valence electrons. The van der Waals surface area contributed by atoms with Gasteiger partial charge in [-0.3, -0.25) is 9.25 Å². The van der Waals surface area contributed by atoms with Crippen LogP contribution in [0.4, 0.5) is 0 Å². The highest BCUT2D eigenvalue weighted by molar-refractivity contribution is 7.71. The van der Waals surface area contributed by atoms with Gasteiger partial charge in [0.2, 0.25) is 0 Å². The van der Waals surface area contributed by atoms with Gasteiger partial charge in [0.05, 0.1) is 5.69 Å². The van der Waals surface area contributed by atoms with Crippen LogP contribution in [0.3, 0.4) is 0 Å². The first kappa shape index (κ1) is 13.8. The minimum atomic E-state index is 0.499. The van der Waals surface area contributed by atoms with Crippen molar-refractivity contribution in [3.05, 3.63) is 10.5 Å². The molecular formula is C14H23N5S. The van der Waals surface area contributed by atoms with Crippen LogP contribution in [-0.4, -0.2) is 43.9 Å². The largest absolute Gasteiger partial charge is 0.328 e. The van der Waals surface area contributed by atoms with Crippen molar-refractivity contribution in [1.82, 2.24) is 24.2 Å². The van der Waals surface area contributed by atoms with Gasteiger partial charge >= 0.3 is 0 Å². The van der Waals surface area contributed by atoms with Gasteiger partial charge in [-0.25, -0.2) is 0 Å². The van der Waals surface area contributed by atoms with Gasteiger partial charge in [-0.1, -0.05) is 6.92 Å². The van der Waals surface area contributed by atoms with E-state index in [1.807, 2.05) is 18.7 Å². The zero-order chi connectivity index (χ0) is 14.3. The maximum Gasteiger partial charge on any atom is 0.179 e. The van der Waals surface area contributed by atoms with Gasteiger partial charge in [0.1, 0.15) is 5.52 Å². The molecule has 3 heterocycles. The Bertz CT molecular complexity index is 657. The lowest BCUT2D eigenvalue weighted by molar-refractivity contribution is 0.187. The summed E-state index contributed by atoms with van der Waals surface area (Å²) in [6.07, 6.45) is 3.58. The van der Waals surface area contributed by atoms with Crippen molar-refractivity contribution in [2.75, 3.05) is 19.6 Å². The first-order valence-electron chi connectivity index (χ1n) is 7.48. The van der Waals surface area contributed by atoms with Crippen molar-refractivity contribution in [1.29, 1.82) is 0 Å². The van der Waals surface area contributed by atoms with Crippen molar-refractivity contribution in [3.63, 3.8) is 0 Å². The SMILES string of the molecule is CCCN1CCC(n2c(=S)[nH]c3c(C)nn(C)c32)CC1. The van der Waals surface area contributed by atoms with Crippen molar-refractivity contribution < 1.29 is 0 Å². The van der Waals surface area contributed by atoms with Crippen LogP contribution in [0, 0.1) is 11.7 Å². The second kappa shape index (κ2) is 5.33. The fourth-order valence-electron chi connectivity index (χ4n) is 3.39. The van der Waals surface area contributed by atoms with Crippen LogP contribution in [0.2, 0.25) is 0 Å². The van der Waals surface area contributed by atoms with Crippen molar-refractivity contribution in [3.8, 4) is 0 Å². The van der Waals surface area contributed by atoms with Crippen molar-refractivity contribution >= 4 is 23.4 Å². The lowest BCUT2D eigenvalue weighted by Gasteiger charge is -2.32. The summed E-state index contributed by atoms with van der Waals surface area (Å²) in [5.41, 5.74) is 3.26. The Kier molecular flexibility index (Phi) is 3.69. The Balaban J connectivity index is 1.92. The molecule has 2 aromatic rings. The van der Waals surface area contributed by atoms with E-state index in [-0.39, 0.29) is 0 Å². The average Bonchev–Trinajstić information content (AvgIpc) is 2.89. The third-order valence-corrected chi connectivity index (χ3v) is 4.63. The number of aromatic amines is 1. The number of aryl methyl sites for hydroxylation is 2. The van der Waals surface area contributed by atoms with Gasteiger partial charge in [-0.05, 0) is 44.9 Å². The number of nitrogens with zero attached hydrogens (tertiary/aromatic N) is 4. The molecule has 20 heavy (non-hydrogen) atoms. The van der Waals surface area contributed by atoms with Crippen LogP contribution in [-0.2, 0) is 7.05 Å². The molecule has 6 heteroatoms. The van der Waals surface area contributed by atoms with Crippen molar-refractivity contribution in [2.24, 2.45) is 7.05 Å². The number of imidazole rings is 1. The fraction of sp³-hybridized carbons (Fsp3) is 0.714. The Labute approximate surface area is 124 Å². The predicted octanol–water partition coefficient (Wildman–Crippen LogP) is 2.79. The molecule has 0 atom stereocenters. The molecule has 0 spiro atoms. The molecule has 1 fully saturated rings. The molecule has 1 aliphatic heterocycles. The minimum absolute atomic E-state index is 0.499. The van der Waals surface area contributed by atoms with Crippen LogP contribution < -0.4 is 0 Å². The van der Waals surface area contributed by atoms with E-state index in [2.05, 4.69) is 26.5 Å². The zero-order valence-corrected chi connectivity index (χ0v) is 13.3. The van der Waals surface area contributed by atoms with E-state index in [1.165, 1.54) is 38.9 Å². The molecule has 0 aliphatic carbocycles.